The van der Waals surface area contributed by atoms with E-state index < -0.39 is 0 Å². The highest BCUT2D eigenvalue weighted by molar-refractivity contribution is 7.15. The zero-order chi connectivity index (χ0) is 14.8. The maximum Gasteiger partial charge on any atom is 0.190 e. The molecule has 112 valence electrons. The van der Waals surface area contributed by atoms with E-state index >= 15 is 0 Å². The Kier molecular flexibility index (Phi) is 4.22. The van der Waals surface area contributed by atoms with E-state index in [1.807, 2.05) is 13.1 Å². The van der Waals surface area contributed by atoms with Crippen LogP contribution in [-0.2, 0) is 19.4 Å². The van der Waals surface area contributed by atoms with E-state index in [1.54, 1.807) is 23.5 Å². The molecule has 0 fully saturated rings. The molecule has 0 atom stereocenters. The molecule has 1 N–H and O–H groups in total. The maximum absolute atomic E-state index is 13.5. The summed E-state index contributed by atoms with van der Waals surface area (Å²) in [6.07, 6.45) is 3.04. The Morgan fingerprint density at radius 1 is 1.43 bits per heavy atom. The predicted octanol–water partition coefficient (Wildman–Crippen LogP) is 3.65. The number of benzene rings is 1. The summed E-state index contributed by atoms with van der Waals surface area (Å²) in [5.74, 6) is -0.179. The molecule has 0 aliphatic carbocycles. The average Bonchev–Trinajstić information content (AvgIpc) is 3.04. The second kappa shape index (κ2) is 6.12. The lowest BCUT2D eigenvalue weighted by molar-refractivity contribution is 0.628. The molecule has 3 nitrogen and oxygen atoms in total. The van der Waals surface area contributed by atoms with Gasteiger partial charge in [-0.2, -0.15) is 0 Å². The third kappa shape index (κ3) is 2.80. The molecule has 0 bridgehead atoms. The Morgan fingerprint density at radius 2 is 2.29 bits per heavy atom. The van der Waals surface area contributed by atoms with Gasteiger partial charge in [0.2, 0.25) is 0 Å². The lowest BCUT2D eigenvalue weighted by Gasteiger charge is -2.15. The van der Waals surface area contributed by atoms with Crippen LogP contribution < -0.4 is 10.2 Å². The molecule has 1 aromatic carbocycles. The first kappa shape index (κ1) is 14.5. The van der Waals surface area contributed by atoms with Crippen LogP contribution in [0.1, 0.15) is 29.5 Å². The highest BCUT2D eigenvalue weighted by atomic mass is 32.1. The van der Waals surface area contributed by atoms with Gasteiger partial charge in [0.25, 0.3) is 0 Å². The van der Waals surface area contributed by atoms with E-state index in [1.165, 1.54) is 16.1 Å². The average molecular weight is 305 g/mol. The van der Waals surface area contributed by atoms with Gasteiger partial charge in [-0.15, -0.1) is 0 Å². The van der Waals surface area contributed by atoms with Gasteiger partial charge in [0.15, 0.2) is 5.13 Å². The summed E-state index contributed by atoms with van der Waals surface area (Å²) in [4.78, 5) is 8.26. The maximum atomic E-state index is 13.5. The molecule has 1 aliphatic heterocycles. The van der Waals surface area contributed by atoms with Gasteiger partial charge in [0.05, 0.1) is 5.69 Å². The van der Waals surface area contributed by atoms with Gasteiger partial charge in [-0.05, 0) is 37.6 Å². The molecule has 21 heavy (non-hydrogen) atoms. The lowest BCUT2D eigenvalue weighted by Crippen LogP contribution is -2.13. The van der Waals surface area contributed by atoms with Crippen LogP contribution in [0.2, 0.25) is 0 Å². The van der Waals surface area contributed by atoms with Crippen LogP contribution in [0, 0.1) is 5.82 Å². The Morgan fingerprint density at radius 3 is 3.05 bits per heavy atom. The van der Waals surface area contributed by atoms with Crippen molar-refractivity contribution in [3.05, 3.63) is 40.2 Å². The third-order valence-corrected chi connectivity index (χ3v) is 4.89. The van der Waals surface area contributed by atoms with Gasteiger partial charge >= 0.3 is 0 Å². The number of anilines is 2. The van der Waals surface area contributed by atoms with Crippen molar-refractivity contribution in [1.82, 2.24) is 10.3 Å². The van der Waals surface area contributed by atoms with Gasteiger partial charge in [-0.25, -0.2) is 9.37 Å². The molecule has 0 saturated heterocycles. The standard InChI is InChI=1S/C16H20FN3S/c1-3-4-13-15(10-18-2)21-16(19-13)20-8-7-11-5-6-12(17)9-14(11)20/h5-6,9,18H,3-4,7-8,10H2,1-2H3. The first-order valence-corrected chi connectivity index (χ1v) is 8.23. The number of aromatic nitrogens is 1. The summed E-state index contributed by atoms with van der Waals surface area (Å²) in [6.45, 7) is 3.90. The van der Waals surface area contributed by atoms with Crippen molar-refractivity contribution in [1.29, 1.82) is 0 Å². The Balaban J connectivity index is 1.95. The quantitative estimate of drug-likeness (QED) is 0.914. The van der Waals surface area contributed by atoms with Crippen LogP contribution in [0.25, 0.3) is 0 Å². The summed E-state index contributed by atoms with van der Waals surface area (Å²) in [5.41, 5.74) is 3.36. The van der Waals surface area contributed by atoms with E-state index in [9.17, 15) is 4.39 Å². The highest BCUT2D eigenvalue weighted by Crippen LogP contribution is 2.38. The topological polar surface area (TPSA) is 28.2 Å². The van der Waals surface area contributed by atoms with Crippen molar-refractivity contribution in [2.75, 3.05) is 18.5 Å². The van der Waals surface area contributed by atoms with Crippen LogP contribution in [0.3, 0.4) is 0 Å². The van der Waals surface area contributed by atoms with Gasteiger partial charge < -0.3 is 10.2 Å². The van der Waals surface area contributed by atoms with Crippen molar-refractivity contribution >= 4 is 22.2 Å². The molecule has 5 heteroatoms. The van der Waals surface area contributed by atoms with E-state index in [2.05, 4.69) is 17.1 Å². The first-order valence-electron chi connectivity index (χ1n) is 7.42. The molecule has 2 heterocycles. The Labute approximate surface area is 128 Å². The molecule has 0 saturated carbocycles. The fraction of sp³-hybridized carbons (Fsp3) is 0.438. The molecule has 0 unspecified atom stereocenters. The highest BCUT2D eigenvalue weighted by Gasteiger charge is 2.24. The monoisotopic (exact) mass is 305 g/mol. The van der Waals surface area contributed by atoms with Crippen LogP contribution in [-0.4, -0.2) is 18.6 Å². The number of thiazole rings is 1. The first-order chi connectivity index (χ1) is 10.2. The molecular weight excluding hydrogens is 285 g/mol. The zero-order valence-corrected chi connectivity index (χ0v) is 13.3. The van der Waals surface area contributed by atoms with Crippen LogP contribution in [0.5, 0.6) is 0 Å². The fourth-order valence-electron chi connectivity index (χ4n) is 2.77. The van der Waals surface area contributed by atoms with Crippen molar-refractivity contribution in [2.45, 2.75) is 32.7 Å². The minimum absolute atomic E-state index is 0.179. The second-order valence-electron chi connectivity index (χ2n) is 5.32. The molecule has 3 rings (SSSR count). The zero-order valence-electron chi connectivity index (χ0n) is 12.4. The van der Waals surface area contributed by atoms with Crippen LogP contribution >= 0.6 is 11.3 Å². The summed E-state index contributed by atoms with van der Waals surface area (Å²) in [6, 6.07) is 5.06. The SMILES string of the molecule is CCCc1nc(N2CCc3ccc(F)cc32)sc1CNC. The minimum atomic E-state index is -0.179. The molecular formula is C16H20FN3S. The van der Waals surface area contributed by atoms with Gasteiger partial charge in [0, 0.05) is 23.7 Å². The number of aryl methyl sites for hydroxylation is 1. The van der Waals surface area contributed by atoms with E-state index in [4.69, 9.17) is 4.98 Å². The summed E-state index contributed by atoms with van der Waals surface area (Å²) >= 11 is 1.72. The van der Waals surface area contributed by atoms with Crippen LogP contribution in [0.4, 0.5) is 15.2 Å². The van der Waals surface area contributed by atoms with Gasteiger partial charge in [-0.1, -0.05) is 30.7 Å². The molecule has 0 spiro atoms. The molecule has 0 radical (unpaired) electrons. The van der Waals surface area contributed by atoms with E-state index in [0.717, 1.165) is 43.2 Å². The number of nitrogens with zero attached hydrogens (tertiary/aromatic N) is 2. The number of rotatable bonds is 5. The van der Waals surface area contributed by atoms with E-state index in [0.29, 0.717) is 0 Å². The molecule has 1 aliphatic rings. The van der Waals surface area contributed by atoms with Crippen molar-refractivity contribution < 1.29 is 4.39 Å². The largest absolute Gasteiger partial charge is 0.317 e. The molecule has 0 amide bonds. The predicted molar refractivity (Wildman–Crippen MR) is 86.0 cm³/mol. The molecule has 1 aromatic heterocycles. The number of halogens is 1. The lowest BCUT2D eigenvalue weighted by atomic mass is 10.2. The summed E-state index contributed by atoms with van der Waals surface area (Å²) < 4.78 is 13.5. The Hall–Kier alpha value is -1.46. The van der Waals surface area contributed by atoms with E-state index in [-0.39, 0.29) is 5.82 Å². The normalized spacial score (nSPS) is 13.8. The smallest absolute Gasteiger partial charge is 0.190 e. The number of fused-ring (bicyclic) bond motifs is 1. The fourth-order valence-corrected chi connectivity index (χ4v) is 3.93. The number of nitrogens with one attached hydrogen (secondary N) is 1. The summed E-state index contributed by atoms with van der Waals surface area (Å²) in [7, 11) is 1.95. The van der Waals surface area contributed by atoms with Crippen molar-refractivity contribution in [2.24, 2.45) is 0 Å². The Bertz CT molecular complexity index is 615. The van der Waals surface area contributed by atoms with Crippen molar-refractivity contribution in [3.8, 4) is 0 Å². The third-order valence-electron chi connectivity index (χ3n) is 3.76. The number of hydrogen-bond acceptors (Lipinski definition) is 4. The van der Waals surface area contributed by atoms with Gasteiger partial charge in [-0.3, -0.25) is 0 Å². The van der Waals surface area contributed by atoms with Crippen molar-refractivity contribution in [3.63, 3.8) is 0 Å². The second-order valence-corrected chi connectivity index (χ2v) is 6.38. The number of hydrogen-bond donors (Lipinski definition) is 1. The van der Waals surface area contributed by atoms with Crippen LogP contribution in [0.15, 0.2) is 18.2 Å². The minimum Gasteiger partial charge on any atom is -0.317 e. The summed E-state index contributed by atoms with van der Waals surface area (Å²) in [5, 5.41) is 4.20. The molecule has 2 aromatic rings. The van der Waals surface area contributed by atoms with Gasteiger partial charge in [0.1, 0.15) is 5.82 Å².